The molecular formula is C13H23IN4O. The van der Waals surface area contributed by atoms with Crippen molar-refractivity contribution in [3.63, 3.8) is 0 Å². The Morgan fingerprint density at radius 3 is 2.63 bits per heavy atom. The molecule has 0 unspecified atom stereocenters. The van der Waals surface area contributed by atoms with E-state index in [0.29, 0.717) is 24.9 Å². The number of aliphatic imine (C=N–C) groups is 1. The molecule has 2 N–H and O–H groups in total. The summed E-state index contributed by atoms with van der Waals surface area (Å²) in [7, 11) is 1.72. The van der Waals surface area contributed by atoms with Crippen LogP contribution in [0.1, 0.15) is 32.4 Å². The number of guanidine groups is 1. The Labute approximate surface area is 132 Å². The van der Waals surface area contributed by atoms with E-state index >= 15 is 0 Å². The molecule has 0 fully saturated rings. The van der Waals surface area contributed by atoms with Gasteiger partial charge in [-0.15, -0.1) is 30.6 Å². The molecule has 1 aromatic rings. The number of halogens is 1. The van der Waals surface area contributed by atoms with Crippen molar-refractivity contribution in [2.45, 2.75) is 32.7 Å². The van der Waals surface area contributed by atoms with E-state index < -0.39 is 0 Å². The Morgan fingerprint density at radius 2 is 2.16 bits per heavy atom. The second-order valence-corrected chi connectivity index (χ2v) is 4.96. The summed E-state index contributed by atoms with van der Waals surface area (Å²) in [6.45, 7) is 11.1. The summed E-state index contributed by atoms with van der Waals surface area (Å²) in [6, 6.07) is 0. The predicted octanol–water partition coefficient (Wildman–Crippen LogP) is 2.44. The van der Waals surface area contributed by atoms with Gasteiger partial charge in [-0.1, -0.05) is 26.8 Å². The summed E-state index contributed by atoms with van der Waals surface area (Å²) in [5, 5.41) is 6.20. The minimum absolute atomic E-state index is 0. The van der Waals surface area contributed by atoms with Gasteiger partial charge in [-0.3, -0.25) is 4.99 Å². The lowest BCUT2D eigenvalue weighted by Gasteiger charge is -2.13. The summed E-state index contributed by atoms with van der Waals surface area (Å²) >= 11 is 0. The lowest BCUT2D eigenvalue weighted by Crippen LogP contribution is -2.36. The van der Waals surface area contributed by atoms with Crippen LogP contribution in [0.15, 0.2) is 28.3 Å². The Balaban J connectivity index is 0.00000324. The first kappa shape index (κ1) is 17.9. The molecule has 1 rings (SSSR count). The van der Waals surface area contributed by atoms with E-state index in [9.17, 15) is 0 Å². The quantitative estimate of drug-likeness (QED) is 0.366. The summed E-state index contributed by atoms with van der Waals surface area (Å²) in [5.41, 5.74) is -0.0198. The molecule has 5 nitrogen and oxygen atoms in total. The summed E-state index contributed by atoms with van der Waals surface area (Å²) in [4.78, 5) is 8.31. The fourth-order valence-corrected chi connectivity index (χ4v) is 1.29. The second kappa shape index (κ2) is 8.19. The van der Waals surface area contributed by atoms with Gasteiger partial charge >= 0.3 is 0 Å². The molecule has 0 spiro atoms. The Morgan fingerprint density at radius 1 is 1.47 bits per heavy atom. The van der Waals surface area contributed by atoms with E-state index in [1.807, 2.05) is 0 Å². The van der Waals surface area contributed by atoms with Gasteiger partial charge in [0, 0.05) is 19.0 Å². The topological polar surface area (TPSA) is 62.5 Å². The molecule has 19 heavy (non-hydrogen) atoms. The van der Waals surface area contributed by atoms with Gasteiger partial charge in [0.05, 0.1) is 12.7 Å². The fourth-order valence-electron chi connectivity index (χ4n) is 1.29. The van der Waals surface area contributed by atoms with Crippen molar-refractivity contribution in [1.29, 1.82) is 0 Å². The molecule has 0 aromatic carbocycles. The van der Waals surface area contributed by atoms with E-state index in [2.05, 4.69) is 48.0 Å². The first-order valence-corrected chi connectivity index (χ1v) is 5.98. The SMILES string of the molecule is C=CCNC(=NC)NCc1ncc(C(C)(C)C)o1.I. The van der Waals surface area contributed by atoms with Crippen LogP contribution in [0.4, 0.5) is 0 Å². The second-order valence-electron chi connectivity index (χ2n) is 4.96. The van der Waals surface area contributed by atoms with Crippen LogP contribution in [0.2, 0.25) is 0 Å². The molecule has 0 aliphatic carbocycles. The van der Waals surface area contributed by atoms with Gasteiger partial charge in [-0.05, 0) is 0 Å². The molecule has 1 aromatic heterocycles. The number of oxazole rings is 1. The number of nitrogens with one attached hydrogen (secondary N) is 2. The zero-order valence-corrected chi connectivity index (χ0v) is 14.3. The average Bonchev–Trinajstić information content (AvgIpc) is 2.78. The third-order valence-electron chi connectivity index (χ3n) is 2.34. The molecule has 6 heteroatoms. The fraction of sp³-hybridized carbons (Fsp3) is 0.538. The molecule has 0 atom stereocenters. The highest BCUT2D eigenvalue weighted by molar-refractivity contribution is 14.0. The summed E-state index contributed by atoms with van der Waals surface area (Å²) in [5.74, 6) is 2.24. The minimum Gasteiger partial charge on any atom is -0.443 e. The maximum absolute atomic E-state index is 5.67. The van der Waals surface area contributed by atoms with Crippen LogP contribution in [-0.2, 0) is 12.0 Å². The van der Waals surface area contributed by atoms with Crippen molar-refractivity contribution in [2.75, 3.05) is 13.6 Å². The first-order valence-electron chi connectivity index (χ1n) is 5.98. The maximum Gasteiger partial charge on any atom is 0.213 e. The minimum atomic E-state index is -0.0198. The van der Waals surface area contributed by atoms with Crippen LogP contribution >= 0.6 is 24.0 Å². The van der Waals surface area contributed by atoms with Gasteiger partial charge in [0.25, 0.3) is 0 Å². The molecule has 0 radical (unpaired) electrons. The molecule has 0 saturated heterocycles. The molecule has 0 aliphatic heterocycles. The lowest BCUT2D eigenvalue weighted by molar-refractivity contribution is 0.379. The monoisotopic (exact) mass is 378 g/mol. The van der Waals surface area contributed by atoms with Crippen LogP contribution in [0, 0.1) is 0 Å². The number of hydrogen-bond donors (Lipinski definition) is 2. The van der Waals surface area contributed by atoms with Gasteiger partial charge < -0.3 is 15.1 Å². The zero-order chi connectivity index (χ0) is 13.6. The van der Waals surface area contributed by atoms with E-state index in [1.54, 1.807) is 19.3 Å². The smallest absolute Gasteiger partial charge is 0.213 e. The largest absolute Gasteiger partial charge is 0.443 e. The average molecular weight is 378 g/mol. The number of hydrogen-bond acceptors (Lipinski definition) is 3. The highest BCUT2D eigenvalue weighted by Gasteiger charge is 2.19. The third kappa shape index (κ3) is 6.09. The van der Waals surface area contributed by atoms with E-state index in [1.165, 1.54) is 0 Å². The number of nitrogens with zero attached hydrogens (tertiary/aromatic N) is 2. The van der Waals surface area contributed by atoms with Crippen molar-refractivity contribution < 1.29 is 4.42 Å². The van der Waals surface area contributed by atoms with Crippen LogP contribution < -0.4 is 10.6 Å². The van der Waals surface area contributed by atoms with Gasteiger partial charge in [0.2, 0.25) is 5.89 Å². The number of rotatable bonds is 4. The number of aromatic nitrogens is 1. The van der Waals surface area contributed by atoms with Crippen molar-refractivity contribution in [2.24, 2.45) is 4.99 Å². The molecule has 108 valence electrons. The third-order valence-corrected chi connectivity index (χ3v) is 2.34. The molecule has 0 aliphatic rings. The van der Waals surface area contributed by atoms with Crippen molar-refractivity contribution in [1.82, 2.24) is 15.6 Å². The van der Waals surface area contributed by atoms with Crippen molar-refractivity contribution >= 4 is 29.9 Å². The molecule has 0 bridgehead atoms. The molecule has 1 heterocycles. The zero-order valence-electron chi connectivity index (χ0n) is 12.0. The Kier molecular flexibility index (Phi) is 7.73. The van der Waals surface area contributed by atoms with Gasteiger partial charge in [-0.2, -0.15) is 0 Å². The molecule has 0 amide bonds. The summed E-state index contributed by atoms with van der Waals surface area (Å²) in [6.07, 6.45) is 3.55. The van der Waals surface area contributed by atoms with Gasteiger partial charge in [0.1, 0.15) is 5.76 Å². The normalized spacial score (nSPS) is 11.7. The first-order chi connectivity index (χ1) is 8.47. The molecular weight excluding hydrogens is 355 g/mol. The van der Waals surface area contributed by atoms with Crippen molar-refractivity contribution in [3.05, 3.63) is 30.5 Å². The highest BCUT2D eigenvalue weighted by Crippen LogP contribution is 2.22. The standard InChI is InChI=1S/C13H22N4O.HI/c1-6-7-15-12(14-5)17-9-11-16-8-10(18-11)13(2,3)4;/h6,8H,1,7,9H2,2-5H3,(H2,14,15,17);1H. The van der Waals surface area contributed by atoms with Crippen molar-refractivity contribution in [3.8, 4) is 0 Å². The van der Waals surface area contributed by atoms with Gasteiger partial charge in [-0.25, -0.2) is 4.98 Å². The lowest BCUT2D eigenvalue weighted by atomic mass is 9.94. The van der Waals surface area contributed by atoms with E-state index in [0.717, 1.165) is 5.76 Å². The maximum atomic E-state index is 5.67. The Bertz CT molecular complexity index is 421. The van der Waals surface area contributed by atoms with Crippen LogP contribution in [0.3, 0.4) is 0 Å². The van der Waals surface area contributed by atoms with Crippen LogP contribution in [0.25, 0.3) is 0 Å². The van der Waals surface area contributed by atoms with Crippen LogP contribution in [0.5, 0.6) is 0 Å². The summed E-state index contributed by atoms with van der Waals surface area (Å²) < 4.78 is 5.67. The van der Waals surface area contributed by atoms with Gasteiger partial charge in [0.15, 0.2) is 5.96 Å². The van der Waals surface area contributed by atoms with Crippen LogP contribution in [-0.4, -0.2) is 24.5 Å². The predicted molar refractivity (Wildman–Crippen MR) is 89.0 cm³/mol. The molecule has 0 saturated carbocycles. The van der Waals surface area contributed by atoms with E-state index in [4.69, 9.17) is 4.42 Å². The Hall–Kier alpha value is -1.05. The van der Waals surface area contributed by atoms with E-state index in [-0.39, 0.29) is 29.4 Å². The highest BCUT2D eigenvalue weighted by atomic mass is 127.